The van der Waals surface area contributed by atoms with Crippen molar-refractivity contribution in [2.45, 2.75) is 45.6 Å². The quantitative estimate of drug-likeness (QED) is 0.576. The molecule has 1 rings (SSSR count). The van der Waals surface area contributed by atoms with E-state index < -0.39 is 0 Å². The molecule has 1 aliphatic carbocycles. The van der Waals surface area contributed by atoms with Crippen molar-refractivity contribution in [1.82, 2.24) is 0 Å². The van der Waals surface area contributed by atoms with Gasteiger partial charge in [-0.3, -0.25) is 0 Å². The standard InChI is InChI=1S/C9H18O/c1-3-10-9-6-4-8(2)5-7-9/h8-9H,3-7H2,1-2H3. The van der Waals surface area contributed by atoms with Gasteiger partial charge < -0.3 is 4.74 Å². The zero-order valence-corrected chi connectivity index (χ0v) is 7.10. The predicted molar refractivity (Wildman–Crippen MR) is 43.0 cm³/mol. The third-order valence-electron chi connectivity index (χ3n) is 2.37. The molecule has 1 heteroatoms. The predicted octanol–water partition coefficient (Wildman–Crippen LogP) is 2.60. The van der Waals surface area contributed by atoms with Crippen LogP contribution in [0.5, 0.6) is 0 Å². The van der Waals surface area contributed by atoms with Gasteiger partial charge in [-0.05, 0) is 38.5 Å². The molecule has 10 heavy (non-hydrogen) atoms. The van der Waals surface area contributed by atoms with E-state index in [-0.39, 0.29) is 0 Å². The third-order valence-corrected chi connectivity index (χ3v) is 2.37. The molecule has 0 bridgehead atoms. The SMILES string of the molecule is CCOC1CCC(C)CC1. The van der Waals surface area contributed by atoms with Gasteiger partial charge in [-0.1, -0.05) is 6.92 Å². The molecule has 0 spiro atoms. The highest BCUT2D eigenvalue weighted by molar-refractivity contribution is 4.69. The highest BCUT2D eigenvalue weighted by Crippen LogP contribution is 2.25. The largest absolute Gasteiger partial charge is 0.379 e. The molecule has 0 amide bonds. The van der Waals surface area contributed by atoms with Gasteiger partial charge >= 0.3 is 0 Å². The second kappa shape index (κ2) is 3.97. The van der Waals surface area contributed by atoms with Crippen molar-refractivity contribution in [1.29, 1.82) is 0 Å². The summed E-state index contributed by atoms with van der Waals surface area (Å²) in [6.07, 6.45) is 5.89. The van der Waals surface area contributed by atoms with Gasteiger partial charge in [0.1, 0.15) is 0 Å². The second-order valence-electron chi connectivity index (χ2n) is 3.34. The Kier molecular flexibility index (Phi) is 3.20. The third kappa shape index (κ3) is 2.30. The molecule has 60 valence electrons. The van der Waals surface area contributed by atoms with Crippen LogP contribution in [0.1, 0.15) is 39.5 Å². The molecular weight excluding hydrogens is 124 g/mol. The minimum absolute atomic E-state index is 0.584. The maximum Gasteiger partial charge on any atom is 0.0575 e. The molecule has 0 saturated heterocycles. The number of hydrogen-bond acceptors (Lipinski definition) is 1. The fourth-order valence-electron chi connectivity index (χ4n) is 1.63. The summed E-state index contributed by atoms with van der Waals surface area (Å²) >= 11 is 0. The van der Waals surface area contributed by atoms with Crippen LogP contribution < -0.4 is 0 Å². The fourth-order valence-corrected chi connectivity index (χ4v) is 1.63. The van der Waals surface area contributed by atoms with Gasteiger partial charge in [-0.2, -0.15) is 0 Å². The molecule has 1 nitrogen and oxygen atoms in total. The highest BCUT2D eigenvalue weighted by Gasteiger charge is 2.17. The molecule has 0 aliphatic heterocycles. The van der Waals surface area contributed by atoms with Crippen LogP contribution in [0.2, 0.25) is 0 Å². The number of hydrogen-bond donors (Lipinski definition) is 0. The van der Waals surface area contributed by atoms with Crippen molar-refractivity contribution < 1.29 is 4.74 Å². The van der Waals surface area contributed by atoms with Gasteiger partial charge in [-0.25, -0.2) is 0 Å². The summed E-state index contributed by atoms with van der Waals surface area (Å²) in [6, 6.07) is 0. The summed E-state index contributed by atoms with van der Waals surface area (Å²) in [5.74, 6) is 0.941. The molecule has 1 aliphatic rings. The Morgan fingerprint density at radius 2 is 1.80 bits per heavy atom. The summed E-state index contributed by atoms with van der Waals surface area (Å²) in [7, 11) is 0. The van der Waals surface area contributed by atoms with Gasteiger partial charge in [0.25, 0.3) is 0 Å². The van der Waals surface area contributed by atoms with Crippen LogP contribution in [0.25, 0.3) is 0 Å². The highest BCUT2D eigenvalue weighted by atomic mass is 16.5. The van der Waals surface area contributed by atoms with Crippen LogP contribution in [0.4, 0.5) is 0 Å². The molecule has 0 aromatic carbocycles. The van der Waals surface area contributed by atoms with E-state index in [1.54, 1.807) is 0 Å². The minimum atomic E-state index is 0.584. The van der Waals surface area contributed by atoms with Crippen LogP contribution in [-0.2, 0) is 4.74 Å². The summed E-state index contributed by atoms with van der Waals surface area (Å²) in [5, 5.41) is 0. The lowest BCUT2D eigenvalue weighted by Crippen LogP contribution is -2.20. The fraction of sp³-hybridized carbons (Fsp3) is 1.00. The maximum atomic E-state index is 5.53. The Bertz CT molecular complexity index is 82.7. The number of rotatable bonds is 2. The first kappa shape index (κ1) is 8.06. The average Bonchev–Trinajstić information content (AvgIpc) is 1.95. The topological polar surface area (TPSA) is 9.23 Å². The Morgan fingerprint density at radius 3 is 2.30 bits per heavy atom. The monoisotopic (exact) mass is 142 g/mol. The van der Waals surface area contributed by atoms with Crippen LogP contribution in [0.3, 0.4) is 0 Å². The van der Waals surface area contributed by atoms with Crippen LogP contribution in [0.15, 0.2) is 0 Å². The van der Waals surface area contributed by atoms with Gasteiger partial charge in [0.05, 0.1) is 6.10 Å². The van der Waals surface area contributed by atoms with Gasteiger partial charge in [0, 0.05) is 6.61 Å². The minimum Gasteiger partial charge on any atom is -0.379 e. The van der Waals surface area contributed by atoms with Crippen molar-refractivity contribution in [3.05, 3.63) is 0 Å². The average molecular weight is 142 g/mol. The van der Waals surface area contributed by atoms with Crippen molar-refractivity contribution >= 4 is 0 Å². The van der Waals surface area contributed by atoms with E-state index in [0.29, 0.717) is 6.10 Å². The summed E-state index contributed by atoms with van der Waals surface area (Å²) in [5.41, 5.74) is 0. The first-order chi connectivity index (χ1) is 4.83. The van der Waals surface area contributed by atoms with E-state index in [4.69, 9.17) is 4.74 Å². The first-order valence-corrected chi connectivity index (χ1v) is 4.44. The van der Waals surface area contributed by atoms with Gasteiger partial charge in [0.15, 0.2) is 0 Å². The molecule has 1 saturated carbocycles. The molecule has 0 aromatic heterocycles. The zero-order chi connectivity index (χ0) is 7.40. The van der Waals surface area contributed by atoms with E-state index in [1.807, 2.05) is 0 Å². The van der Waals surface area contributed by atoms with Crippen molar-refractivity contribution in [3.63, 3.8) is 0 Å². The lowest BCUT2D eigenvalue weighted by molar-refractivity contribution is 0.0276. The van der Waals surface area contributed by atoms with E-state index in [9.17, 15) is 0 Å². The molecule has 0 atom stereocenters. The maximum absolute atomic E-state index is 5.53. The summed E-state index contributed by atoms with van der Waals surface area (Å²) < 4.78 is 5.53. The van der Waals surface area contributed by atoms with Crippen LogP contribution >= 0.6 is 0 Å². The molecular formula is C9H18O. The molecule has 0 unspecified atom stereocenters. The van der Waals surface area contributed by atoms with Gasteiger partial charge in [-0.15, -0.1) is 0 Å². The van der Waals surface area contributed by atoms with E-state index in [1.165, 1.54) is 25.7 Å². The zero-order valence-electron chi connectivity index (χ0n) is 7.10. The summed E-state index contributed by atoms with van der Waals surface area (Å²) in [4.78, 5) is 0. The molecule has 0 heterocycles. The molecule has 0 N–H and O–H groups in total. The van der Waals surface area contributed by atoms with Crippen molar-refractivity contribution in [2.24, 2.45) is 5.92 Å². The normalized spacial score (nSPS) is 34.2. The first-order valence-electron chi connectivity index (χ1n) is 4.44. The Labute approximate surface area is 63.8 Å². The Morgan fingerprint density at radius 1 is 1.20 bits per heavy atom. The lowest BCUT2D eigenvalue weighted by atomic mass is 9.89. The molecule has 0 radical (unpaired) electrons. The summed E-state index contributed by atoms with van der Waals surface area (Å²) in [6.45, 7) is 5.30. The number of ether oxygens (including phenoxy) is 1. The Hall–Kier alpha value is -0.0400. The van der Waals surface area contributed by atoms with Gasteiger partial charge in [0.2, 0.25) is 0 Å². The van der Waals surface area contributed by atoms with Crippen molar-refractivity contribution in [2.75, 3.05) is 6.61 Å². The van der Waals surface area contributed by atoms with Crippen molar-refractivity contribution in [3.8, 4) is 0 Å². The smallest absolute Gasteiger partial charge is 0.0575 e. The Balaban J connectivity index is 2.13. The molecule has 1 fully saturated rings. The van der Waals surface area contributed by atoms with Crippen LogP contribution in [0, 0.1) is 5.92 Å². The van der Waals surface area contributed by atoms with E-state index in [0.717, 1.165) is 12.5 Å². The van der Waals surface area contributed by atoms with E-state index in [2.05, 4.69) is 13.8 Å². The molecule has 0 aromatic rings. The van der Waals surface area contributed by atoms with E-state index >= 15 is 0 Å². The van der Waals surface area contributed by atoms with Crippen LogP contribution in [-0.4, -0.2) is 12.7 Å². The second-order valence-corrected chi connectivity index (χ2v) is 3.34. The lowest BCUT2D eigenvalue weighted by Gasteiger charge is -2.25.